The van der Waals surface area contributed by atoms with Crippen LogP contribution in [-0.2, 0) is 9.53 Å². The van der Waals surface area contributed by atoms with E-state index in [4.69, 9.17) is 9.47 Å². The summed E-state index contributed by atoms with van der Waals surface area (Å²) in [7, 11) is 2.85. The number of fused-ring (bicyclic) bond motifs is 1. The number of methoxy groups -OCH3 is 2. The molecule has 27 heavy (non-hydrogen) atoms. The highest BCUT2D eigenvalue weighted by atomic mass is 16.5. The summed E-state index contributed by atoms with van der Waals surface area (Å²) >= 11 is 0. The maximum Gasteiger partial charge on any atom is 0.354 e. The Morgan fingerprint density at radius 3 is 2.30 bits per heavy atom. The molecule has 1 N–H and O–H groups in total. The van der Waals surface area contributed by atoms with Crippen molar-refractivity contribution in [2.75, 3.05) is 14.2 Å². The van der Waals surface area contributed by atoms with Crippen LogP contribution in [0, 0.1) is 0 Å². The minimum absolute atomic E-state index is 0.0561. The van der Waals surface area contributed by atoms with Crippen LogP contribution in [0.15, 0.2) is 72.4 Å². The molecule has 0 aromatic heterocycles. The lowest BCUT2D eigenvalue weighted by Gasteiger charge is -2.10. The molecule has 3 aromatic carbocycles. The van der Waals surface area contributed by atoms with Crippen molar-refractivity contribution in [3.63, 3.8) is 0 Å². The second-order valence-electron chi connectivity index (χ2n) is 5.80. The third-order valence-corrected chi connectivity index (χ3v) is 4.11. The van der Waals surface area contributed by atoms with Crippen molar-refractivity contribution in [3.05, 3.63) is 83.6 Å². The van der Waals surface area contributed by atoms with Gasteiger partial charge in [-0.15, -0.1) is 0 Å². The number of esters is 1. The van der Waals surface area contributed by atoms with Crippen molar-refractivity contribution in [1.29, 1.82) is 0 Å². The molecule has 0 fully saturated rings. The zero-order valence-corrected chi connectivity index (χ0v) is 15.1. The Kier molecular flexibility index (Phi) is 5.52. The summed E-state index contributed by atoms with van der Waals surface area (Å²) in [5, 5.41) is 4.43. The first-order valence-corrected chi connectivity index (χ1v) is 8.35. The number of nitrogens with one attached hydrogen (secondary N) is 1. The number of carbonyl (C=O) groups excluding carboxylic acids is 2. The predicted molar refractivity (Wildman–Crippen MR) is 104 cm³/mol. The van der Waals surface area contributed by atoms with Crippen molar-refractivity contribution in [1.82, 2.24) is 5.32 Å². The largest absolute Gasteiger partial charge is 0.497 e. The minimum Gasteiger partial charge on any atom is -0.497 e. The van der Waals surface area contributed by atoms with Crippen LogP contribution in [0.5, 0.6) is 5.75 Å². The number of rotatable bonds is 5. The van der Waals surface area contributed by atoms with Crippen LogP contribution in [0.4, 0.5) is 0 Å². The molecule has 0 radical (unpaired) electrons. The SMILES string of the molecule is COC(=O)/C(=C/c1ccc(OC)cc1)NC(=O)c1cccc2ccccc12. The fraction of sp³-hybridized carbons (Fsp3) is 0.0909. The van der Waals surface area contributed by atoms with E-state index in [0.29, 0.717) is 11.3 Å². The molecule has 5 heteroatoms. The van der Waals surface area contributed by atoms with Crippen LogP contribution in [0.2, 0.25) is 0 Å². The van der Waals surface area contributed by atoms with Crippen LogP contribution in [0.25, 0.3) is 16.8 Å². The lowest BCUT2D eigenvalue weighted by molar-refractivity contribution is -0.136. The van der Waals surface area contributed by atoms with Crippen molar-refractivity contribution >= 4 is 28.7 Å². The summed E-state index contributed by atoms with van der Waals surface area (Å²) in [6.07, 6.45) is 1.56. The molecule has 0 aliphatic heterocycles. The molecular weight excluding hydrogens is 342 g/mol. The number of hydrogen-bond donors (Lipinski definition) is 1. The van der Waals surface area contributed by atoms with Gasteiger partial charge < -0.3 is 14.8 Å². The molecule has 5 nitrogen and oxygen atoms in total. The summed E-state index contributed by atoms with van der Waals surface area (Å²) in [6.45, 7) is 0. The molecular formula is C22H19NO4. The van der Waals surface area contributed by atoms with E-state index < -0.39 is 5.97 Å². The van der Waals surface area contributed by atoms with Crippen molar-refractivity contribution < 1.29 is 19.1 Å². The first-order valence-electron chi connectivity index (χ1n) is 8.35. The van der Waals surface area contributed by atoms with E-state index in [0.717, 1.165) is 16.3 Å². The van der Waals surface area contributed by atoms with Gasteiger partial charge in [-0.25, -0.2) is 4.79 Å². The fourth-order valence-electron chi connectivity index (χ4n) is 2.74. The van der Waals surface area contributed by atoms with E-state index in [1.54, 1.807) is 43.5 Å². The Bertz CT molecular complexity index is 1000. The van der Waals surface area contributed by atoms with Crippen LogP contribution < -0.4 is 10.1 Å². The maximum absolute atomic E-state index is 12.8. The van der Waals surface area contributed by atoms with Crippen LogP contribution >= 0.6 is 0 Å². The van der Waals surface area contributed by atoms with Gasteiger partial charge in [-0.3, -0.25) is 4.79 Å². The third-order valence-electron chi connectivity index (χ3n) is 4.11. The van der Waals surface area contributed by atoms with Gasteiger partial charge in [-0.1, -0.05) is 48.5 Å². The second kappa shape index (κ2) is 8.19. The van der Waals surface area contributed by atoms with E-state index in [1.165, 1.54) is 7.11 Å². The number of carbonyl (C=O) groups is 2. The molecule has 0 heterocycles. The third kappa shape index (κ3) is 4.15. The van der Waals surface area contributed by atoms with Gasteiger partial charge in [0.1, 0.15) is 11.4 Å². The van der Waals surface area contributed by atoms with E-state index in [2.05, 4.69) is 5.32 Å². The molecule has 0 bridgehead atoms. The van der Waals surface area contributed by atoms with E-state index in [1.807, 2.05) is 36.4 Å². The molecule has 0 aliphatic carbocycles. The molecule has 0 aliphatic rings. The van der Waals surface area contributed by atoms with Crippen LogP contribution in [0.1, 0.15) is 15.9 Å². The molecule has 3 rings (SSSR count). The molecule has 136 valence electrons. The number of hydrogen-bond acceptors (Lipinski definition) is 4. The Balaban J connectivity index is 1.93. The molecule has 0 saturated carbocycles. The van der Waals surface area contributed by atoms with Gasteiger partial charge >= 0.3 is 5.97 Å². The van der Waals surface area contributed by atoms with Gasteiger partial charge in [0.2, 0.25) is 0 Å². The normalized spacial score (nSPS) is 11.1. The lowest BCUT2D eigenvalue weighted by atomic mass is 10.0. The van der Waals surface area contributed by atoms with Gasteiger partial charge in [0.05, 0.1) is 14.2 Å². The smallest absolute Gasteiger partial charge is 0.354 e. The van der Waals surface area contributed by atoms with Crippen molar-refractivity contribution in [3.8, 4) is 5.75 Å². The van der Waals surface area contributed by atoms with Crippen LogP contribution in [-0.4, -0.2) is 26.1 Å². The standard InChI is InChI=1S/C22H19NO4/c1-26-17-12-10-15(11-13-17)14-20(22(25)27-2)23-21(24)19-9-5-7-16-6-3-4-8-18(16)19/h3-14H,1-2H3,(H,23,24)/b20-14-. The quantitative estimate of drug-likeness (QED) is 0.555. The molecule has 0 spiro atoms. The first kappa shape index (κ1) is 18.2. The Morgan fingerprint density at radius 1 is 0.889 bits per heavy atom. The molecule has 1 amide bonds. The molecule has 0 saturated heterocycles. The summed E-state index contributed by atoms with van der Waals surface area (Å²) in [4.78, 5) is 24.9. The average Bonchev–Trinajstić information content (AvgIpc) is 2.72. The second-order valence-corrected chi connectivity index (χ2v) is 5.80. The predicted octanol–water partition coefficient (Wildman–Crippen LogP) is 3.79. The minimum atomic E-state index is -0.626. The van der Waals surface area contributed by atoms with Crippen molar-refractivity contribution in [2.24, 2.45) is 0 Å². The van der Waals surface area contributed by atoms with Gasteiger partial charge in [-0.2, -0.15) is 0 Å². The van der Waals surface area contributed by atoms with Gasteiger partial charge in [0, 0.05) is 5.56 Å². The van der Waals surface area contributed by atoms with Crippen molar-refractivity contribution in [2.45, 2.75) is 0 Å². The highest BCUT2D eigenvalue weighted by molar-refractivity contribution is 6.10. The summed E-state index contributed by atoms with van der Waals surface area (Å²) in [6, 6.07) is 20.2. The number of amides is 1. The van der Waals surface area contributed by atoms with Gasteiger partial charge in [0.25, 0.3) is 5.91 Å². The Labute approximate surface area is 157 Å². The highest BCUT2D eigenvalue weighted by Gasteiger charge is 2.16. The van der Waals surface area contributed by atoms with E-state index in [-0.39, 0.29) is 11.6 Å². The average molecular weight is 361 g/mol. The Morgan fingerprint density at radius 2 is 1.59 bits per heavy atom. The molecule has 0 unspecified atom stereocenters. The summed E-state index contributed by atoms with van der Waals surface area (Å²) < 4.78 is 9.93. The Hall–Kier alpha value is -3.60. The van der Waals surface area contributed by atoms with Gasteiger partial charge in [-0.05, 0) is 40.6 Å². The van der Waals surface area contributed by atoms with Crippen LogP contribution in [0.3, 0.4) is 0 Å². The molecule has 3 aromatic rings. The highest BCUT2D eigenvalue weighted by Crippen LogP contribution is 2.19. The monoisotopic (exact) mass is 361 g/mol. The summed E-state index contributed by atoms with van der Waals surface area (Å²) in [5.74, 6) is -0.303. The van der Waals surface area contributed by atoms with Gasteiger partial charge in [0.15, 0.2) is 0 Å². The zero-order valence-electron chi connectivity index (χ0n) is 15.1. The lowest BCUT2D eigenvalue weighted by Crippen LogP contribution is -2.28. The molecule has 0 atom stereocenters. The summed E-state index contributed by atoms with van der Waals surface area (Å²) in [5.41, 5.74) is 1.27. The number of benzene rings is 3. The van der Waals surface area contributed by atoms with E-state index in [9.17, 15) is 9.59 Å². The van der Waals surface area contributed by atoms with E-state index >= 15 is 0 Å². The zero-order chi connectivity index (χ0) is 19.2. The number of ether oxygens (including phenoxy) is 2. The maximum atomic E-state index is 12.8. The fourth-order valence-corrected chi connectivity index (χ4v) is 2.74. The topological polar surface area (TPSA) is 64.6 Å². The first-order chi connectivity index (χ1) is 13.1.